The summed E-state index contributed by atoms with van der Waals surface area (Å²) in [6, 6.07) is 7.94. The van der Waals surface area contributed by atoms with Gasteiger partial charge in [-0.15, -0.1) is 5.10 Å². The molecule has 0 radical (unpaired) electrons. The third-order valence-electron chi connectivity index (χ3n) is 4.39. The molecule has 0 amide bonds. The summed E-state index contributed by atoms with van der Waals surface area (Å²) < 4.78 is 5.70. The number of hydrogen-bond acceptors (Lipinski definition) is 5. The lowest BCUT2D eigenvalue weighted by atomic mass is 10.2. The lowest BCUT2D eigenvalue weighted by molar-refractivity contribution is 0.660. The molecule has 0 aliphatic heterocycles. The molecule has 0 spiro atoms. The molecule has 8 nitrogen and oxygen atoms in total. The average Bonchev–Trinajstić information content (AvgIpc) is 3.40. The Balaban J connectivity index is 1.53. The number of fused-ring (bicyclic) bond motifs is 2. The Labute approximate surface area is 148 Å². The zero-order valence-electron chi connectivity index (χ0n) is 14.2. The van der Waals surface area contributed by atoms with Crippen molar-refractivity contribution in [2.24, 2.45) is 0 Å². The van der Waals surface area contributed by atoms with E-state index in [0.29, 0.717) is 6.54 Å². The van der Waals surface area contributed by atoms with E-state index in [-0.39, 0.29) is 0 Å². The number of imidazole rings is 1. The maximum absolute atomic E-state index is 4.77. The number of aromatic nitrogens is 8. The van der Waals surface area contributed by atoms with Crippen LogP contribution in [-0.2, 0) is 13.1 Å². The Morgan fingerprint density at radius 1 is 1.08 bits per heavy atom. The highest BCUT2D eigenvalue weighted by Crippen LogP contribution is 2.20. The van der Waals surface area contributed by atoms with Crippen molar-refractivity contribution in [3.8, 4) is 11.3 Å². The molecule has 5 aromatic rings. The van der Waals surface area contributed by atoms with Crippen molar-refractivity contribution in [3.05, 3.63) is 60.8 Å². The summed E-state index contributed by atoms with van der Waals surface area (Å²) in [5, 5.41) is 12.8. The molecule has 8 heteroatoms. The van der Waals surface area contributed by atoms with Gasteiger partial charge in [0.15, 0.2) is 5.65 Å². The third-order valence-corrected chi connectivity index (χ3v) is 4.39. The van der Waals surface area contributed by atoms with Gasteiger partial charge in [-0.1, -0.05) is 11.3 Å². The van der Waals surface area contributed by atoms with E-state index >= 15 is 0 Å². The smallest absolute Gasteiger partial charge is 0.179 e. The van der Waals surface area contributed by atoms with Crippen molar-refractivity contribution in [2.45, 2.75) is 20.0 Å². The molecule has 0 fully saturated rings. The maximum Gasteiger partial charge on any atom is 0.179 e. The van der Waals surface area contributed by atoms with Crippen molar-refractivity contribution in [1.82, 2.24) is 39.1 Å². The van der Waals surface area contributed by atoms with Crippen LogP contribution in [0.1, 0.15) is 12.5 Å². The molecule has 0 saturated heterocycles. The molecule has 26 heavy (non-hydrogen) atoms. The minimum atomic E-state index is 0.593. The first-order valence-electron chi connectivity index (χ1n) is 8.45. The van der Waals surface area contributed by atoms with Gasteiger partial charge in [-0.25, -0.2) is 14.6 Å². The molecule has 0 bridgehead atoms. The van der Waals surface area contributed by atoms with Crippen molar-refractivity contribution in [2.75, 3.05) is 0 Å². The highest BCUT2D eigenvalue weighted by Gasteiger charge is 2.10. The summed E-state index contributed by atoms with van der Waals surface area (Å²) in [4.78, 5) is 9.04. The monoisotopic (exact) mass is 344 g/mol. The molecular formula is C18H16N8. The lowest BCUT2D eigenvalue weighted by Gasteiger charge is -2.04. The molecule has 5 rings (SSSR count). The molecule has 5 aromatic heterocycles. The molecule has 0 atom stereocenters. The van der Waals surface area contributed by atoms with Crippen LogP contribution in [0.2, 0.25) is 0 Å². The second-order valence-electron chi connectivity index (χ2n) is 6.10. The van der Waals surface area contributed by atoms with E-state index in [0.717, 1.165) is 40.2 Å². The minimum Gasteiger partial charge on any atom is -0.307 e. The average molecular weight is 344 g/mol. The predicted molar refractivity (Wildman–Crippen MR) is 96.5 cm³/mol. The summed E-state index contributed by atoms with van der Waals surface area (Å²) in [6.07, 6.45) is 9.59. The van der Waals surface area contributed by atoms with Gasteiger partial charge in [-0.05, 0) is 30.7 Å². The third kappa shape index (κ3) is 2.43. The van der Waals surface area contributed by atoms with Crippen LogP contribution in [0.5, 0.6) is 0 Å². The Bertz CT molecular complexity index is 1210. The van der Waals surface area contributed by atoms with Crippen LogP contribution < -0.4 is 0 Å². The zero-order valence-corrected chi connectivity index (χ0v) is 14.2. The summed E-state index contributed by atoms with van der Waals surface area (Å²) in [6.45, 7) is 3.48. The molecule has 0 aromatic carbocycles. The largest absolute Gasteiger partial charge is 0.307 e. The highest BCUT2D eigenvalue weighted by atomic mass is 15.4. The number of aryl methyl sites for hydroxylation is 1. The van der Waals surface area contributed by atoms with E-state index in [1.54, 1.807) is 6.20 Å². The quantitative estimate of drug-likeness (QED) is 0.500. The number of nitrogens with zero attached hydrogens (tertiary/aromatic N) is 8. The number of hydrogen-bond donors (Lipinski definition) is 0. The lowest BCUT2D eigenvalue weighted by Crippen LogP contribution is -2.04. The van der Waals surface area contributed by atoms with Crippen molar-refractivity contribution in [3.63, 3.8) is 0 Å². The van der Waals surface area contributed by atoms with Gasteiger partial charge in [-0.2, -0.15) is 5.10 Å². The highest BCUT2D eigenvalue weighted by molar-refractivity contribution is 5.74. The van der Waals surface area contributed by atoms with Crippen LogP contribution in [0.4, 0.5) is 0 Å². The number of pyridine rings is 2. The molecule has 0 aliphatic rings. The first-order valence-corrected chi connectivity index (χ1v) is 8.45. The molecule has 0 saturated carbocycles. The van der Waals surface area contributed by atoms with Gasteiger partial charge in [0, 0.05) is 36.9 Å². The van der Waals surface area contributed by atoms with Crippen LogP contribution in [0.25, 0.3) is 28.1 Å². The van der Waals surface area contributed by atoms with Gasteiger partial charge < -0.3 is 4.40 Å². The Kier molecular flexibility index (Phi) is 3.27. The fourth-order valence-corrected chi connectivity index (χ4v) is 3.02. The SMILES string of the molecule is CCn1cc(-c2ccc3nnn(Cc4ccc5nccn5c4)c3n2)cn1. The standard InChI is InChI=1S/C18H16N8/c1-2-25-12-14(9-20-25)15-4-5-16-18(21-15)26(23-22-16)11-13-3-6-17-19-7-8-24(17)10-13/h3-10,12H,2,11H2,1H3. The fourth-order valence-electron chi connectivity index (χ4n) is 3.02. The predicted octanol–water partition coefficient (Wildman–Crippen LogP) is 2.41. The Morgan fingerprint density at radius 3 is 2.92 bits per heavy atom. The Morgan fingerprint density at radius 2 is 2.04 bits per heavy atom. The van der Waals surface area contributed by atoms with Gasteiger partial charge >= 0.3 is 0 Å². The molecule has 0 unspecified atom stereocenters. The summed E-state index contributed by atoms with van der Waals surface area (Å²) >= 11 is 0. The van der Waals surface area contributed by atoms with Crippen LogP contribution in [0.15, 0.2) is 55.2 Å². The maximum atomic E-state index is 4.77. The van der Waals surface area contributed by atoms with Crippen LogP contribution in [0.3, 0.4) is 0 Å². The summed E-state index contributed by atoms with van der Waals surface area (Å²) in [7, 11) is 0. The van der Waals surface area contributed by atoms with Crippen molar-refractivity contribution in [1.29, 1.82) is 0 Å². The minimum absolute atomic E-state index is 0.593. The molecule has 5 heterocycles. The normalized spacial score (nSPS) is 11.6. The van der Waals surface area contributed by atoms with E-state index in [1.807, 2.05) is 62.8 Å². The molecule has 0 aliphatic carbocycles. The number of rotatable bonds is 4. The van der Waals surface area contributed by atoms with Crippen molar-refractivity contribution >= 4 is 16.8 Å². The van der Waals surface area contributed by atoms with E-state index in [9.17, 15) is 0 Å². The topological polar surface area (TPSA) is 78.7 Å². The van der Waals surface area contributed by atoms with Gasteiger partial charge in [0.05, 0.1) is 18.4 Å². The molecular weight excluding hydrogens is 328 g/mol. The van der Waals surface area contributed by atoms with Crippen LogP contribution >= 0.6 is 0 Å². The van der Waals surface area contributed by atoms with Gasteiger partial charge in [0.2, 0.25) is 0 Å². The first-order chi connectivity index (χ1) is 12.8. The second kappa shape index (κ2) is 5.76. The van der Waals surface area contributed by atoms with Gasteiger partial charge in [0.25, 0.3) is 0 Å². The first kappa shape index (κ1) is 14.8. The Hall–Kier alpha value is -3.55. The molecule has 128 valence electrons. The summed E-state index contributed by atoms with van der Waals surface area (Å²) in [5.74, 6) is 0. The van der Waals surface area contributed by atoms with Crippen molar-refractivity contribution < 1.29 is 0 Å². The van der Waals surface area contributed by atoms with Crippen LogP contribution in [-0.4, -0.2) is 39.1 Å². The van der Waals surface area contributed by atoms with E-state index < -0.39 is 0 Å². The fraction of sp³-hybridized carbons (Fsp3) is 0.167. The second-order valence-corrected chi connectivity index (χ2v) is 6.10. The van der Waals surface area contributed by atoms with E-state index in [2.05, 4.69) is 27.3 Å². The van der Waals surface area contributed by atoms with E-state index in [4.69, 9.17) is 4.98 Å². The van der Waals surface area contributed by atoms with Crippen LogP contribution in [0, 0.1) is 0 Å². The zero-order chi connectivity index (χ0) is 17.5. The molecule has 0 N–H and O–H groups in total. The van der Waals surface area contributed by atoms with Gasteiger partial charge in [0.1, 0.15) is 11.2 Å². The van der Waals surface area contributed by atoms with Gasteiger partial charge in [-0.3, -0.25) is 4.68 Å². The summed E-state index contributed by atoms with van der Waals surface area (Å²) in [5.41, 5.74) is 5.42. The van der Waals surface area contributed by atoms with E-state index in [1.165, 1.54) is 0 Å².